The molecule has 2 atom stereocenters. The third-order valence-electron chi connectivity index (χ3n) is 8.18. The van der Waals surface area contributed by atoms with Crippen molar-refractivity contribution < 1.29 is 32.5 Å². The van der Waals surface area contributed by atoms with Gasteiger partial charge in [-0.25, -0.2) is 4.68 Å². The number of rotatable bonds is 8. The van der Waals surface area contributed by atoms with Crippen molar-refractivity contribution in [3.8, 4) is 23.2 Å². The smallest absolute Gasteiger partial charge is 0.429 e. The number of alkyl halides is 3. The molecular formula is C31H30ClF3N6O4. The summed E-state index contributed by atoms with van der Waals surface area (Å²) in [5, 5.41) is 17.0. The van der Waals surface area contributed by atoms with Crippen LogP contribution in [-0.4, -0.2) is 62.7 Å². The topological polar surface area (TPSA) is 115 Å². The van der Waals surface area contributed by atoms with Gasteiger partial charge in [0.1, 0.15) is 11.8 Å². The second-order valence-corrected chi connectivity index (χ2v) is 11.8. The Hall–Kier alpha value is -4.36. The van der Waals surface area contributed by atoms with Crippen LogP contribution in [0.3, 0.4) is 0 Å². The number of anilines is 1. The Morgan fingerprint density at radius 3 is 2.47 bits per heavy atom. The fraction of sp³-hybridized carbons (Fsp3) is 0.355. The van der Waals surface area contributed by atoms with E-state index in [-0.39, 0.29) is 39.4 Å². The number of aryl methyl sites for hydroxylation is 1. The van der Waals surface area contributed by atoms with Crippen LogP contribution in [0.15, 0.2) is 66.9 Å². The van der Waals surface area contributed by atoms with Gasteiger partial charge in [-0.3, -0.25) is 4.79 Å². The fourth-order valence-corrected chi connectivity index (χ4v) is 5.99. The lowest BCUT2D eigenvalue weighted by Crippen LogP contribution is -2.42. The highest BCUT2D eigenvalue weighted by molar-refractivity contribution is 6.30. The number of hydrogen-bond acceptors (Lipinski definition) is 8. The number of halogens is 4. The Bertz CT molecular complexity index is 1680. The number of para-hydroxylation sites is 1. The summed E-state index contributed by atoms with van der Waals surface area (Å²) in [5.41, 5.74) is 0.332. The summed E-state index contributed by atoms with van der Waals surface area (Å²) in [4.78, 5) is 22.3. The summed E-state index contributed by atoms with van der Waals surface area (Å²) in [6.07, 6.45) is -3.89. The van der Waals surface area contributed by atoms with Crippen molar-refractivity contribution in [3.05, 3.63) is 83.1 Å². The van der Waals surface area contributed by atoms with Gasteiger partial charge in [0.25, 0.3) is 0 Å². The Labute approximate surface area is 261 Å². The average molecular weight is 643 g/mol. The largest absolute Gasteiger partial charge is 0.480 e. The standard InChI is InChI=1S/C31H30ClF3N6O4/c1-19-9-12-41(39-19)24-15-20(32)7-8-22(24)27(31(33,34)35)45-26-16-25(44-21-5-3-2-4-6-21)37-29(38-26)40-13-10-30(11-14-40)17-23(28(42)43)36-18-30/h2-9,12,15-16,23,27,36H,10-11,13-14,17-18H2,1H3,(H,42,43)/t23?,27-/m1/s1. The van der Waals surface area contributed by atoms with Crippen LogP contribution in [0.4, 0.5) is 19.1 Å². The van der Waals surface area contributed by atoms with Gasteiger partial charge < -0.3 is 24.8 Å². The van der Waals surface area contributed by atoms with E-state index in [4.69, 9.17) is 21.1 Å². The van der Waals surface area contributed by atoms with Crippen molar-refractivity contribution in [2.24, 2.45) is 5.41 Å². The SMILES string of the molecule is Cc1ccn(-c2cc(Cl)ccc2[C@@H](Oc2cc(Oc3ccccc3)nc(N3CCC4(CC3)CNC(C(=O)O)C4)n2)C(F)(F)F)n1. The summed E-state index contributed by atoms with van der Waals surface area (Å²) < 4.78 is 57.1. The number of hydrogen-bond donors (Lipinski definition) is 2. The van der Waals surface area contributed by atoms with Gasteiger partial charge in [0.2, 0.25) is 23.8 Å². The molecule has 4 aromatic rings. The van der Waals surface area contributed by atoms with Crippen LogP contribution in [0.5, 0.6) is 17.5 Å². The zero-order chi connectivity index (χ0) is 31.8. The maximum atomic E-state index is 14.7. The molecule has 0 bridgehead atoms. The Morgan fingerprint density at radius 2 is 1.82 bits per heavy atom. The van der Waals surface area contributed by atoms with Crippen molar-refractivity contribution in [3.63, 3.8) is 0 Å². The molecule has 2 aromatic heterocycles. The Morgan fingerprint density at radius 1 is 1.09 bits per heavy atom. The van der Waals surface area contributed by atoms with Gasteiger partial charge in [0, 0.05) is 36.4 Å². The number of ether oxygens (including phenoxy) is 2. The molecule has 2 aromatic carbocycles. The molecule has 0 saturated carbocycles. The molecule has 0 aliphatic carbocycles. The quantitative estimate of drug-likeness (QED) is 0.234. The molecule has 45 heavy (non-hydrogen) atoms. The molecule has 1 spiro atoms. The predicted molar refractivity (Wildman–Crippen MR) is 159 cm³/mol. The lowest BCUT2D eigenvalue weighted by molar-refractivity contribution is -0.198. The van der Waals surface area contributed by atoms with E-state index in [2.05, 4.69) is 20.4 Å². The fourth-order valence-electron chi connectivity index (χ4n) is 5.82. The van der Waals surface area contributed by atoms with Gasteiger partial charge in [0.05, 0.1) is 17.4 Å². The first-order valence-corrected chi connectivity index (χ1v) is 14.7. The van der Waals surface area contributed by atoms with Crippen molar-refractivity contribution in [2.45, 2.75) is 44.5 Å². The molecule has 14 heteroatoms. The van der Waals surface area contributed by atoms with Crippen LogP contribution >= 0.6 is 11.6 Å². The molecule has 0 amide bonds. The van der Waals surface area contributed by atoms with Crippen LogP contribution in [0.1, 0.15) is 36.6 Å². The summed E-state index contributed by atoms with van der Waals surface area (Å²) in [6, 6.07) is 15.1. The zero-order valence-corrected chi connectivity index (χ0v) is 24.9. The summed E-state index contributed by atoms with van der Waals surface area (Å²) in [5.74, 6) is -0.622. The van der Waals surface area contributed by atoms with Crippen LogP contribution in [0.25, 0.3) is 5.69 Å². The van der Waals surface area contributed by atoms with Crippen LogP contribution in [0, 0.1) is 12.3 Å². The molecule has 2 N–H and O–H groups in total. The van der Waals surface area contributed by atoms with E-state index in [0.29, 0.717) is 50.3 Å². The second-order valence-electron chi connectivity index (χ2n) is 11.4. The third kappa shape index (κ3) is 6.84. The maximum absolute atomic E-state index is 14.7. The number of nitrogens with zero attached hydrogens (tertiary/aromatic N) is 5. The van der Waals surface area contributed by atoms with Gasteiger partial charge in [-0.05, 0) is 61.9 Å². The Balaban J connectivity index is 1.33. The number of carboxylic acids is 1. The normalized spacial score (nSPS) is 18.6. The summed E-state index contributed by atoms with van der Waals surface area (Å²) in [7, 11) is 0. The molecular weight excluding hydrogens is 613 g/mol. The first kappa shape index (κ1) is 30.7. The minimum atomic E-state index is -4.84. The molecule has 1 unspecified atom stereocenters. The average Bonchev–Trinajstić information content (AvgIpc) is 3.63. The van der Waals surface area contributed by atoms with E-state index in [1.807, 2.05) is 11.0 Å². The van der Waals surface area contributed by atoms with E-state index >= 15 is 0 Å². The van der Waals surface area contributed by atoms with E-state index in [9.17, 15) is 23.1 Å². The first-order chi connectivity index (χ1) is 21.5. The van der Waals surface area contributed by atoms with Crippen molar-refractivity contribution in [1.29, 1.82) is 0 Å². The minimum Gasteiger partial charge on any atom is -0.480 e. The summed E-state index contributed by atoms with van der Waals surface area (Å²) in [6.45, 7) is 3.26. The highest BCUT2D eigenvalue weighted by Gasteiger charge is 2.46. The van der Waals surface area contributed by atoms with E-state index in [1.54, 1.807) is 43.5 Å². The molecule has 2 aliphatic heterocycles. The number of carbonyl (C=O) groups is 1. The molecule has 236 valence electrons. The van der Waals surface area contributed by atoms with Gasteiger partial charge >= 0.3 is 12.1 Å². The van der Waals surface area contributed by atoms with Crippen LogP contribution in [0.2, 0.25) is 5.02 Å². The van der Waals surface area contributed by atoms with Crippen molar-refractivity contribution >= 4 is 23.5 Å². The van der Waals surface area contributed by atoms with Gasteiger partial charge in [0.15, 0.2) is 0 Å². The predicted octanol–water partition coefficient (Wildman–Crippen LogP) is 6.13. The lowest BCUT2D eigenvalue weighted by Gasteiger charge is -2.39. The molecule has 0 radical (unpaired) electrons. The van der Waals surface area contributed by atoms with Gasteiger partial charge in [-0.1, -0.05) is 35.9 Å². The van der Waals surface area contributed by atoms with Gasteiger partial charge in [-0.2, -0.15) is 28.2 Å². The monoisotopic (exact) mass is 642 g/mol. The Kier molecular flexibility index (Phi) is 8.31. The number of aromatic nitrogens is 4. The van der Waals surface area contributed by atoms with Gasteiger partial charge in [-0.15, -0.1) is 0 Å². The van der Waals surface area contributed by atoms with Crippen molar-refractivity contribution in [2.75, 3.05) is 24.5 Å². The summed E-state index contributed by atoms with van der Waals surface area (Å²) >= 11 is 6.19. The van der Waals surface area contributed by atoms with E-state index in [0.717, 1.165) is 0 Å². The highest BCUT2D eigenvalue weighted by Crippen LogP contribution is 2.42. The van der Waals surface area contributed by atoms with E-state index in [1.165, 1.54) is 28.9 Å². The first-order valence-electron chi connectivity index (χ1n) is 14.4. The van der Waals surface area contributed by atoms with Crippen molar-refractivity contribution in [1.82, 2.24) is 25.1 Å². The number of aliphatic carboxylic acids is 1. The second kappa shape index (κ2) is 12.2. The zero-order valence-electron chi connectivity index (χ0n) is 24.2. The number of nitrogens with one attached hydrogen (secondary N) is 1. The maximum Gasteiger partial charge on any atom is 0.429 e. The molecule has 10 nitrogen and oxygen atoms in total. The number of piperidine rings is 1. The number of carboxylic acid groups (broad SMARTS) is 1. The minimum absolute atomic E-state index is 0.00918. The molecule has 6 rings (SSSR count). The molecule has 2 fully saturated rings. The van der Waals surface area contributed by atoms with Crippen LogP contribution < -0.4 is 19.7 Å². The van der Waals surface area contributed by atoms with Crippen LogP contribution in [-0.2, 0) is 4.79 Å². The molecule has 4 heterocycles. The number of benzene rings is 2. The van der Waals surface area contributed by atoms with E-state index < -0.39 is 24.3 Å². The highest BCUT2D eigenvalue weighted by atomic mass is 35.5. The lowest BCUT2D eigenvalue weighted by atomic mass is 9.76. The third-order valence-corrected chi connectivity index (χ3v) is 8.41. The molecule has 2 saturated heterocycles. The molecule has 2 aliphatic rings.